The van der Waals surface area contributed by atoms with Crippen LogP contribution in [0.3, 0.4) is 0 Å². The Morgan fingerprint density at radius 2 is 2.24 bits per heavy atom. The van der Waals surface area contributed by atoms with Gasteiger partial charge < -0.3 is 14.6 Å². The number of fused-ring (bicyclic) bond motifs is 1. The minimum Gasteiger partial charge on any atom is -0.479 e. The first-order chi connectivity index (χ1) is 10.0. The molecule has 1 aromatic rings. The summed E-state index contributed by atoms with van der Waals surface area (Å²) in [5.41, 5.74) is 1.13. The van der Waals surface area contributed by atoms with Gasteiger partial charge in [0.1, 0.15) is 11.8 Å². The van der Waals surface area contributed by atoms with Gasteiger partial charge in [0.2, 0.25) is 0 Å². The number of esters is 1. The number of aliphatic hydroxyl groups excluding tert-OH is 1. The zero-order valence-electron chi connectivity index (χ0n) is 12.3. The van der Waals surface area contributed by atoms with E-state index < -0.39 is 18.1 Å². The third kappa shape index (κ3) is 2.71. The topological polar surface area (TPSA) is 76.1 Å². The number of benzene rings is 1. The zero-order chi connectivity index (χ0) is 15.6. The molecule has 2 rings (SSSR count). The minimum absolute atomic E-state index is 0.153. The number of carbonyl (C=O) groups excluding carboxylic acids is 2. The molecule has 1 aliphatic heterocycles. The maximum atomic E-state index is 12.4. The predicted molar refractivity (Wildman–Crippen MR) is 76.0 cm³/mol. The van der Waals surface area contributed by atoms with E-state index in [0.29, 0.717) is 23.4 Å². The molecule has 1 N–H and O–H groups in total. The minimum atomic E-state index is -0.707. The Hall–Kier alpha value is -2.08. The molecule has 0 radical (unpaired) electrons. The number of anilines is 1. The van der Waals surface area contributed by atoms with Gasteiger partial charge in [-0.25, -0.2) is 4.79 Å². The van der Waals surface area contributed by atoms with Crippen molar-refractivity contribution >= 4 is 17.6 Å². The van der Waals surface area contributed by atoms with Crippen molar-refractivity contribution in [3.63, 3.8) is 0 Å². The van der Waals surface area contributed by atoms with Gasteiger partial charge >= 0.3 is 5.97 Å². The van der Waals surface area contributed by atoms with Crippen LogP contribution in [0.1, 0.15) is 25.8 Å². The van der Waals surface area contributed by atoms with Crippen LogP contribution in [0.4, 0.5) is 5.69 Å². The van der Waals surface area contributed by atoms with Crippen molar-refractivity contribution in [2.24, 2.45) is 0 Å². The molecule has 0 saturated heterocycles. The average molecular weight is 293 g/mol. The van der Waals surface area contributed by atoms with Gasteiger partial charge in [0.25, 0.3) is 5.91 Å². The molecule has 2 atom stereocenters. The summed E-state index contributed by atoms with van der Waals surface area (Å²) in [5, 5.41) is 9.26. The first-order valence-electron chi connectivity index (χ1n) is 6.84. The second kappa shape index (κ2) is 6.13. The largest absolute Gasteiger partial charge is 0.479 e. The number of nitrogens with zero attached hydrogens (tertiary/aromatic N) is 1. The second-order valence-corrected chi connectivity index (χ2v) is 4.88. The molecule has 0 spiro atoms. The van der Waals surface area contributed by atoms with Crippen LogP contribution in [0.25, 0.3) is 0 Å². The van der Waals surface area contributed by atoms with Crippen LogP contribution >= 0.6 is 0 Å². The van der Waals surface area contributed by atoms with E-state index in [0.717, 1.165) is 0 Å². The summed E-state index contributed by atoms with van der Waals surface area (Å²) in [5.74, 6) is -0.253. The number of rotatable bonds is 4. The maximum Gasteiger partial charge on any atom is 0.328 e. The Balaban J connectivity index is 2.53. The molecule has 1 aliphatic rings. The van der Waals surface area contributed by atoms with Gasteiger partial charge in [0.15, 0.2) is 6.10 Å². The molecular formula is C15H19NO5. The number of hydrogen-bond donors (Lipinski definition) is 1. The molecule has 6 heteroatoms. The van der Waals surface area contributed by atoms with Crippen molar-refractivity contribution in [1.29, 1.82) is 0 Å². The fraction of sp³-hybridized carbons (Fsp3) is 0.467. The quantitative estimate of drug-likeness (QED) is 0.845. The van der Waals surface area contributed by atoms with Crippen LogP contribution in [0, 0.1) is 0 Å². The van der Waals surface area contributed by atoms with Gasteiger partial charge in [-0.15, -0.1) is 0 Å². The molecule has 6 nitrogen and oxygen atoms in total. The van der Waals surface area contributed by atoms with E-state index in [4.69, 9.17) is 9.47 Å². The van der Waals surface area contributed by atoms with E-state index in [1.165, 1.54) is 12.0 Å². The molecule has 114 valence electrons. The Morgan fingerprint density at radius 3 is 2.81 bits per heavy atom. The Morgan fingerprint density at radius 1 is 1.52 bits per heavy atom. The summed E-state index contributed by atoms with van der Waals surface area (Å²) >= 11 is 0. The van der Waals surface area contributed by atoms with Crippen molar-refractivity contribution in [3.8, 4) is 5.75 Å². The normalized spacial score (nSPS) is 18.8. The van der Waals surface area contributed by atoms with Crippen molar-refractivity contribution in [2.75, 3.05) is 12.0 Å². The van der Waals surface area contributed by atoms with Crippen LogP contribution < -0.4 is 9.64 Å². The lowest BCUT2D eigenvalue weighted by atomic mass is 10.1. The van der Waals surface area contributed by atoms with Crippen molar-refractivity contribution in [2.45, 2.75) is 39.0 Å². The molecular weight excluding hydrogens is 274 g/mol. The zero-order valence-corrected chi connectivity index (χ0v) is 12.3. The summed E-state index contributed by atoms with van der Waals surface area (Å²) in [6.45, 7) is 3.30. The van der Waals surface area contributed by atoms with Crippen LogP contribution in [-0.2, 0) is 20.9 Å². The van der Waals surface area contributed by atoms with Crippen molar-refractivity contribution in [1.82, 2.24) is 0 Å². The van der Waals surface area contributed by atoms with Crippen LogP contribution in [-0.4, -0.2) is 36.2 Å². The highest BCUT2D eigenvalue weighted by molar-refractivity contribution is 6.04. The summed E-state index contributed by atoms with van der Waals surface area (Å²) in [7, 11) is 1.30. The summed E-state index contributed by atoms with van der Waals surface area (Å²) in [6.07, 6.45) is -0.246. The van der Waals surface area contributed by atoms with E-state index in [2.05, 4.69) is 0 Å². The van der Waals surface area contributed by atoms with Crippen molar-refractivity contribution < 1.29 is 24.2 Å². The van der Waals surface area contributed by atoms with E-state index in [-0.39, 0.29) is 12.5 Å². The van der Waals surface area contributed by atoms with E-state index in [1.807, 2.05) is 6.92 Å². The average Bonchev–Trinajstić information content (AvgIpc) is 2.50. The molecule has 2 unspecified atom stereocenters. The molecule has 0 aromatic heterocycles. The Bertz CT molecular complexity index is 557. The second-order valence-electron chi connectivity index (χ2n) is 4.88. The van der Waals surface area contributed by atoms with E-state index >= 15 is 0 Å². The molecule has 0 saturated carbocycles. The molecule has 0 bridgehead atoms. The highest BCUT2D eigenvalue weighted by Crippen LogP contribution is 2.37. The number of amides is 1. The fourth-order valence-electron chi connectivity index (χ4n) is 2.42. The van der Waals surface area contributed by atoms with Gasteiger partial charge in [-0.1, -0.05) is 13.0 Å². The summed E-state index contributed by atoms with van der Waals surface area (Å²) < 4.78 is 10.3. The van der Waals surface area contributed by atoms with Gasteiger partial charge in [-0.3, -0.25) is 9.69 Å². The first kappa shape index (κ1) is 15.3. The third-order valence-corrected chi connectivity index (χ3v) is 3.53. The predicted octanol–water partition coefficient (Wildman–Crippen LogP) is 1.24. The molecule has 0 aliphatic carbocycles. The number of hydrogen-bond acceptors (Lipinski definition) is 5. The van der Waals surface area contributed by atoms with Gasteiger partial charge in [0.05, 0.1) is 19.4 Å². The van der Waals surface area contributed by atoms with Crippen molar-refractivity contribution in [3.05, 3.63) is 23.8 Å². The van der Waals surface area contributed by atoms with Gasteiger partial charge in [0, 0.05) is 0 Å². The number of ether oxygens (including phenoxy) is 2. The lowest BCUT2D eigenvalue weighted by Crippen LogP contribution is -2.52. The van der Waals surface area contributed by atoms with E-state index in [1.54, 1.807) is 25.1 Å². The van der Waals surface area contributed by atoms with Crippen LogP contribution in [0.5, 0.6) is 5.75 Å². The molecule has 1 aromatic carbocycles. The lowest BCUT2D eigenvalue weighted by Gasteiger charge is -2.36. The number of carbonyl (C=O) groups is 2. The molecule has 0 fully saturated rings. The van der Waals surface area contributed by atoms with E-state index in [9.17, 15) is 14.7 Å². The fourth-order valence-corrected chi connectivity index (χ4v) is 2.42. The molecule has 1 amide bonds. The molecule has 1 heterocycles. The van der Waals surface area contributed by atoms with Gasteiger partial charge in [-0.05, 0) is 31.0 Å². The highest BCUT2D eigenvalue weighted by atomic mass is 16.5. The smallest absolute Gasteiger partial charge is 0.328 e. The standard InChI is InChI=1S/C15H19NO5/c1-4-11(15(19)20-3)16-12-7-10(8-17)5-6-13(12)21-9(2)14(16)18/h5-7,9,11,17H,4,8H2,1-3H3. The monoisotopic (exact) mass is 293 g/mol. The Labute approximate surface area is 123 Å². The number of methoxy groups -OCH3 is 1. The summed E-state index contributed by atoms with van der Waals surface area (Å²) in [6, 6.07) is 4.37. The van der Waals surface area contributed by atoms with Crippen LogP contribution in [0.2, 0.25) is 0 Å². The van der Waals surface area contributed by atoms with Crippen LogP contribution in [0.15, 0.2) is 18.2 Å². The summed E-state index contributed by atoms with van der Waals surface area (Å²) in [4.78, 5) is 25.8. The molecule has 21 heavy (non-hydrogen) atoms. The van der Waals surface area contributed by atoms with Gasteiger partial charge in [-0.2, -0.15) is 0 Å². The lowest BCUT2D eigenvalue weighted by molar-refractivity contribution is -0.144. The first-order valence-corrected chi connectivity index (χ1v) is 6.84. The highest BCUT2D eigenvalue weighted by Gasteiger charge is 2.39. The third-order valence-electron chi connectivity index (χ3n) is 3.53. The maximum absolute atomic E-state index is 12.4. The SMILES string of the molecule is CCC(C(=O)OC)N1C(=O)C(C)Oc2ccc(CO)cc21. The number of aliphatic hydroxyl groups is 1. The Kier molecular flexibility index (Phi) is 4.47.